The Morgan fingerprint density at radius 3 is 3.00 bits per heavy atom. The predicted molar refractivity (Wildman–Crippen MR) is 55.6 cm³/mol. The van der Waals surface area contributed by atoms with E-state index in [1.807, 2.05) is 18.3 Å². The van der Waals surface area contributed by atoms with E-state index in [9.17, 15) is 0 Å². The second kappa shape index (κ2) is 3.11. The highest BCUT2D eigenvalue weighted by Crippen LogP contribution is 2.23. The lowest BCUT2D eigenvalue weighted by molar-refractivity contribution is 1.39. The Morgan fingerprint density at radius 2 is 2.25 bits per heavy atom. The fraction of sp³-hybridized carbons (Fsp3) is 0.111. The van der Waals surface area contributed by atoms with Gasteiger partial charge in [-0.15, -0.1) is 11.6 Å². The van der Waals surface area contributed by atoms with Crippen molar-refractivity contribution in [2.75, 3.05) is 0 Å². The number of nitrogens with one attached hydrogen (secondary N) is 1. The van der Waals surface area contributed by atoms with E-state index >= 15 is 0 Å². The second-order valence-corrected chi connectivity index (χ2v) is 3.82. The maximum Gasteiger partial charge on any atom is 0.0495 e. The van der Waals surface area contributed by atoms with Crippen molar-refractivity contribution in [1.82, 2.24) is 4.98 Å². The van der Waals surface area contributed by atoms with Gasteiger partial charge in [-0.3, -0.25) is 0 Å². The van der Waals surface area contributed by atoms with E-state index in [4.69, 9.17) is 11.6 Å². The van der Waals surface area contributed by atoms with Crippen LogP contribution in [0.15, 0.2) is 28.9 Å². The summed E-state index contributed by atoms with van der Waals surface area (Å²) in [7, 11) is 0. The van der Waals surface area contributed by atoms with Gasteiger partial charge >= 0.3 is 0 Å². The zero-order valence-corrected chi connectivity index (χ0v) is 8.61. The molecule has 0 fully saturated rings. The molecule has 0 amide bonds. The van der Waals surface area contributed by atoms with Gasteiger partial charge in [0.15, 0.2) is 0 Å². The lowest BCUT2D eigenvalue weighted by Gasteiger charge is -1.93. The Hall–Kier alpha value is -0.470. The Labute approximate surface area is 83.9 Å². The third kappa shape index (κ3) is 1.25. The number of alkyl halides is 1. The monoisotopic (exact) mass is 243 g/mol. The van der Waals surface area contributed by atoms with Crippen molar-refractivity contribution in [3.05, 3.63) is 34.4 Å². The molecule has 1 N–H and O–H groups in total. The molecule has 0 aliphatic heterocycles. The van der Waals surface area contributed by atoms with Gasteiger partial charge in [0.2, 0.25) is 0 Å². The lowest BCUT2D eigenvalue weighted by atomic mass is 10.2. The van der Waals surface area contributed by atoms with Crippen LogP contribution in [0.25, 0.3) is 10.9 Å². The van der Waals surface area contributed by atoms with Gasteiger partial charge in [0.25, 0.3) is 0 Å². The number of rotatable bonds is 1. The molecule has 12 heavy (non-hydrogen) atoms. The summed E-state index contributed by atoms with van der Waals surface area (Å²) in [5.74, 6) is 0.552. The van der Waals surface area contributed by atoms with Crippen molar-refractivity contribution in [2.45, 2.75) is 5.88 Å². The van der Waals surface area contributed by atoms with Crippen molar-refractivity contribution in [3.8, 4) is 0 Å². The van der Waals surface area contributed by atoms with Gasteiger partial charge in [0.05, 0.1) is 0 Å². The summed E-state index contributed by atoms with van der Waals surface area (Å²) in [6.45, 7) is 0. The van der Waals surface area contributed by atoms with Gasteiger partial charge in [-0.05, 0) is 23.8 Å². The molecule has 0 aliphatic rings. The molecule has 1 nitrogen and oxygen atoms in total. The summed E-state index contributed by atoms with van der Waals surface area (Å²) in [6, 6.07) is 6.12. The Morgan fingerprint density at radius 1 is 1.42 bits per heavy atom. The highest BCUT2D eigenvalue weighted by Gasteiger charge is 2.01. The molecule has 2 aromatic rings. The van der Waals surface area contributed by atoms with Crippen LogP contribution < -0.4 is 0 Å². The number of aromatic amines is 1. The van der Waals surface area contributed by atoms with Gasteiger partial charge < -0.3 is 4.98 Å². The van der Waals surface area contributed by atoms with Gasteiger partial charge in [-0.2, -0.15) is 0 Å². The number of hydrogen-bond acceptors (Lipinski definition) is 0. The van der Waals surface area contributed by atoms with Crippen molar-refractivity contribution >= 4 is 38.4 Å². The van der Waals surface area contributed by atoms with E-state index in [1.54, 1.807) is 0 Å². The van der Waals surface area contributed by atoms with E-state index in [0.717, 1.165) is 15.6 Å². The summed E-state index contributed by atoms with van der Waals surface area (Å²) >= 11 is 9.19. The number of aromatic nitrogens is 1. The molecule has 3 heteroatoms. The maximum atomic E-state index is 5.76. The Balaban J connectivity index is 2.75. The Bertz CT molecular complexity index is 408. The molecule has 0 saturated carbocycles. The van der Waals surface area contributed by atoms with Crippen LogP contribution in [0.5, 0.6) is 0 Å². The number of hydrogen-bond donors (Lipinski definition) is 1. The van der Waals surface area contributed by atoms with E-state index in [-0.39, 0.29) is 0 Å². The number of halogens is 2. The van der Waals surface area contributed by atoms with Crippen LogP contribution in [0, 0.1) is 0 Å². The van der Waals surface area contributed by atoms with Crippen molar-refractivity contribution in [2.24, 2.45) is 0 Å². The van der Waals surface area contributed by atoms with Gasteiger partial charge in [0.1, 0.15) is 0 Å². The summed E-state index contributed by atoms with van der Waals surface area (Å²) in [5.41, 5.74) is 2.28. The molecular formula is C9H7BrClN. The first kappa shape index (κ1) is 8.14. The molecule has 2 rings (SSSR count). The first-order valence-electron chi connectivity index (χ1n) is 3.63. The van der Waals surface area contributed by atoms with E-state index in [2.05, 4.69) is 27.0 Å². The maximum absolute atomic E-state index is 5.76. The molecule has 0 spiro atoms. The zero-order chi connectivity index (χ0) is 8.55. The van der Waals surface area contributed by atoms with Gasteiger partial charge in [0, 0.05) is 27.5 Å². The highest BCUT2D eigenvalue weighted by atomic mass is 79.9. The molecular weight excluding hydrogens is 237 g/mol. The molecule has 0 bridgehead atoms. The van der Waals surface area contributed by atoms with Crippen molar-refractivity contribution in [1.29, 1.82) is 0 Å². The average molecular weight is 245 g/mol. The first-order valence-corrected chi connectivity index (χ1v) is 4.95. The molecule has 0 radical (unpaired) electrons. The van der Waals surface area contributed by atoms with E-state index in [1.165, 1.54) is 5.39 Å². The molecule has 1 heterocycles. The molecule has 1 aromatic heterocycles. The van der Waals surface area contributed by atoms with Gasteiger partial charge in [-0.25, -0.2) is 0 Å². The predicted octanol–water partition coefficient (Wildman–Crippen LogP) is 3.67. The van der Waals surface area contributed by atoms with Crippen molar-refractivity contribution in [3.63, 3.8) is 0 Å². The molecule has 1 aromatic carbocycles. The first-order chi connectivity index (χ1) is 5.81. The topological polar surface area (TPSA) is 15.8 Å². The summed E-state index contributed by atoms with van der Waals surface area (Å²) in [6.07, 6.45) is 1.95. The molecule has 62 valence electrons. The summed E-state index contributed by atoms with van der Waals surface area (Å²) < 4.78 is 1.08. The standard InChI is InChI=1S/C9H7BrClN/c10-7-1-2-9-8(3-7)6(4-11)5-12-9/h1-3,5,12H,4H2. The normalized spacial score (nSPS) is 10.8. The van der Waals surface area contributed by atoms with Gasteiger partial charge in [-0.1, -0.05) is 15.9 Å². The lowest BCUT2D eigenvalue weighted by Crippen LogP contribution is -1.72. The van der Waals surface area contributed by atoms with Crippen LogP contribution >= 0.6 is 27.5 Å². The second-order valence-electron chi connectivity index (χ2n) is 2.64. The summed E-state index contributed by atoms with van der Waals surface area (Å²) in [4.78, 5) is 3.16. The number of H-pyrrole nitrogens is 1. The average Bonchev–Trinajstić information content (AvgIpc) is 2.46. The molecule has 0 saturated heterocycles. The minimum absolute atomic E-state index is 0.552. The van der Waals surface area contributed by atoms with Crippen LogP contribution in [0.2, 0.25) is 0 Å². The van der Waals surface area contributed by atoms with Crippen LogP contribution in [0.4, 0.5) is 0 Å². The third-order valence-corrected chi connectivity index (χ3v) is 2.65. The minimum Gasteiger partial charge on any atom is -0.361 e. The molecule has 0 unspecified atom stereocenters. The van der Waals surface area contributed by atoms with Crippen LogP contribution in [0.3, 0.4) is 0 Å². The summed E-state index contributed by atoms with van der Waals surface area (Å²) in [5, 5.41) is 1.19. The fourth-order valence-corrected chi connectivity index (χ4v) is 1.84. The zero-order valence-electron chi connectivity index (χ0n) is 6.27. The van der Waals surface area contributed by atoms with Crippen molar-refractivity contribution < 1.29 is 0 Å². The van der Waals surface area contributed by atoms with Crippen LogP contribution in [-0.2, 0) is 5.88 Å². The Kier molecular flexibility index (Phi) is 2.11. The fourth-order valence-electron chi connectivity index (χ4n) is 1.26. The smallest absolute Gasteiger partial charge is 0.0495 e. The van der Waals surface area contributed by atoms with Crippen LogP contribution in [0.1, 0.15) is 5.56 Å². The molecule has 0 atom stereocenters. The number of benzene rings is 1. The minimum atomic E-state index is 0.552. The quantitative estimate of drug-likeness (QED) is 0.737. The number of fused-ring (bicyclic) bond motifs is 1. The SMILES string of the molecule is ClCc1c[nH]c2ccc(Br)cc12. The molecule has 0 aliphatic carbocycles. The highest BCUT2D eigenvalue weighted by molar-refractivity contribution is 9.10. The van der Waals surface area contributed by atoms with E-state index < -0.39 is 0 Å². The largest absolute Gasteiger partial charge is 0.361 e. The third-order valence-electron chi connectivity index (χ3n) is 1.87. The van der Waals surface area contributed by atoms with E-state index in [0.29, 0.717) is 5.88 Å². The van der Waals surface area contributed by atoms with Crippen LogP contribution in [-0.4, -0.2) is 4.98 Å².